The van der Waals surface area contributed by atoms with Crippen LogP contribution in [-0.2, 0) is 9.59 Å². The van der Waals surface area contributed by atoms with E-state index in [0.29, 0.717) is 11.7 Å². The third kappa shape index (κ3) is 3.95. The van der Waals surface area contributed by atoms with Gasteiger partial charge in [-0.25, -0.2) is 0 Å². The van der Waals surface area contributed by atoms with Crippen LogP contribution in [0.4, 0.5) is 0 Å². The lowest BCUT2D eigenvalue weighted by Crippen LogP contribution is -2.62. The lowest BCUT2D eigenvalue weighted by atomic mass is 10.0. The number of likely N-dealkylation sites (N-methyl/N-ethyl adjacent to an activating group) is 1. The summed E-state index contributed by atoms with van der Waals surface area (Å²) in [6.45, 7) is 7.28. The zero-order chi connectivity index (χ0) is 17.7. The number of nitrogens with one attached hydrogen (secondary N) is 1. The second-order valence-electron chi connectivity index (χ2n) is 6.36. The highest BCUT2D eigenvalue weighted by Gasteiger charge is 2.42. The average molecular weight is 353 g/mol. The molecule has 0 radical (unpaired) electrons. The van der Waals surface area contributed by atoms with Gasteiger partial charge in [0.05, 0.1) is 0 Å². The number of hydrogen-bond acceptors (Lipinski definition) is 4. The highest BCUT2D eigenvalue weighted by Crippen LogP contribution is 2.21. The van der Waals surface area contributed by atoms with Crippen LogP contribution < -0.4 is 5.32 Å². The van der Waals surface area contributed by atoms with Crippen molar-refractivity contribution in [2.75, 3.05) is 39.8 Å². The van der Waals surface area contributed by atoms with Crippen molar-refractivity contribution in [3.05, 3.63) is 11.6 Å². The SMILES string of the molecule is CCCCN(CCC)C(=S)N1CC(=O)N(C)C(C2=CCNC2)C1=O. The van der Waals surface area contributed by atoms with E-state index < -0.39 is 6.04 Å². The predicted molar refractivity (Wildman–Crippen MR) is 98.6 cm³/mol. The summed E-state index contributed by atoms with van der Waals surface area (Å²) < 4.78 is 0. The molecule has 2 rings (SSSR count). The molecule has 0 aromatic carbocycles. The van der Waals surface area contributed by atoms with Gasteiger partial charge in [0.1, 0.15) is 12.6 Å². The molecule has 0 aliphatic carbocycles. The molecule has 2 aliphatic rings. The summed E-state index contributed by atoms with van der Waals surface area (Å²) >= 11 is 5.60. The molecule has 1 N–H and O–H groups in total. The Kier molecular flexibility index (Phi) is 6.74. The molecule has 1 atom stereocenters. The van der Waals surface area contributed by atoms with Crippen molar-refractivity contribution in [1.29, 1.82) is 0 Å². The summed E-state index contributed by atoms with van der Waals surface area (Å²) in [5, 5.41) is 3.69. The number of unbranched alkanes of at least 4 members (excludes halogenated alkanes) is 1. The van der Waals surface area contributed by atoms with Crippen molar-refractivity contribution in [1.82, 2.24) is 20.0 Å². The zero-order valence-corrected chi connectivity index (χ0v) is 15.7. The smallest absolute Gasteiger partial charge is 0.256 e. The molecule has 0 aromatic heterocycles. The van der Waals surface area contributed by atoms with Gasteiger partial charge in [-0.1, -0.05) is 26.3 Å². The Morgan fingerprint density at radius 1 is 1.33 bits per heavy atom. The van der Waals surface area contributed by atoms with Crippen LogP contribution in [0.25, 0.3) is 0 Å². The van der Waals surface area contributed by atoms with Gasteiger partial charge in [0.25, 0.3) is 5.91 Å². The van der Waals surface area contributed by atoms with Gasteiger partial charge >= 0.3 is 0 Å². The molecular formula is C17H28N4O2S. The molecule has 2 aliphatic heterocycles. The van der Waals surface area contributed by atoms with Crippen LogP contribution in [0.3, 0.4) is 0 Å². The number of carbonyl (C=O) groups excluding carboxylic acids is 2. The number of piperazine rings is 1. The fraction of sp³-hybridized carbons (Fsp3) is 0.706. The van der Waals surface area contributed by atoms with Gasteiger partial charge in [0.2, 0.25) is 5.91 Å². The summed E-state index contributed by atoms with van der Waals surface area (Å²) in [5.41, 5.74) is 0.957. The molecule has 2 amide bonds. The van der Waals surface area contributed by atoms with Gasteiger partial charge in [0, 0.05) is 33.2 Å². The molecule has 0 aromatic rings. The third-order valence-corrected chi connectivity index (χ3v) is 5.02. The molecule has 134 valence electrons. The fourth-order valence-corrected chi connectivity index (χ4v) is 3.48. The van der Waals surface area contributed by atoms with E-state index in [0.717, 1.165) is 44.5 Å². The fourth-order valence-electron chi connectivity index (χ4n) is 3.14. The van der Waals surface area contributed by atoms with Crippen LogP contribution in [-0.4, -0.2) is 77.4 Å². The molecular weight excluding hydrogens is 324 g/mol. The van der Waals surface area contributed by atoms with Crippen LogP contribution >= 0.6 is 12.2 Å². The van der Waals surface area contributed by atoms with E-state index >= 15 is 0 Å². The summed E-state index contributed by atoms with van der Waals surface area (Å²) in [4.78, 5) is 30.6. The average Bonchev–Trinajstić information content (AvgIpc) is 3.08. The maximum absolute atomic E-state index is 13.0. The van der Waals surface area contributed by atoms with Gasteiger partial charge in [-0.3, -0.25) is 14.5 Å². The quantitative estimate of drug-likeness (QED) is 0.571. The maximum atomic E-state index is 13.0. The van der Waals surface area contributed by atoms with E-state index in [4.69, 9.17) is 12.2 Å². The van der Waals surface area contributed by atoms with E-state index in [1.165, 1.54) is 4.90 Å². The molecule has 6 nitrogen and oxygen atoms in total. The lowest BCUT2D eigenvalue weighted by Gasteiger charge is -2.41. The molecule has 24 heavy (non-hydrogen) atoms. The van der Waals surface area contributed by atoms with Crippen molar-refractivity contribution in [3.8, 4) is 0 Å². The minimum Gasteiger partial charge on any atom is -0.349 e. The van der Waals surface area contributed by atoms with Crippen LogP contribution in [0, 0.1) is 0 Å². The first kappa shape index (κ1) is 18.9. The van der Waals surface area contributed by atoms with Crippen molar-refractivity contribution >= 4 is 29.1 Å². The van der Waals surface area contributed by atoms with Crippen LogP contribution in [0.1, 0.15) is 33.1 Å². The summed E-state index contributed by atoms with van der Waals surface area (Å²) in [5.74, 6) is -0.156. The highest BCUT2D eigenvalue weighted by atomic mass is 32.1. The van der Waals surface area contributed by atoms with E-state index in [9.17, 15) is 9.59 Å². The monoisotopic (exact) mass is 352 g/mol. The normalized spacial score (nSPS) is 21.3. The first-order chi connectivity index (χ1) is 11.5. The van der Waals surface area contributed by atoms with Crippen LogP contribution in [0.2, 0.25) is 0 Å². The molecule has 2 heterocycles. The van der Waals surface area contributed by atoms with E-state index in [2.05, 4.69) is 24.1 Å². The van der Waals surface area contributed by atoms with Gasteiger partial charge in [-0.15, -0.1) is 0 Å². The zero-order valence-electron chi connectivity index (χ0n) is 14.9. The Bertz CT molecular complexity index is 535. The number of carbonyl (C=O) groups is 2. The largest absolute Gasteiger partial charge is 0.349 e. The number of thiocarbonyl (C=S) groups is 1. The highest BCUT2D eigenvalue weighted by molar-refractivity contribution is 7.80. The number of rotatable bonds is 6. The molecule has 7 heteroatoms. The van der Waals surface area contributed by atoms with Crippen molar-refractivity contribution in [2.45, 2.75) is 39.2 Å². The number of nitrogens with zero attached hydrogens (tertiary/aromatic N) is 3. The summed E-state index contributed by atoms with van der Waals surface area (Å²) in [6, 6.07) is -0.533. The van der Waals surface area contributed by atoms with Gasteiger partial charge in [-0.05, 0) is 30.6 Å². The first-order valence-electron chi connectivity index (χ1n) is 8.76. The maximum Gasteiger partial charge on any atom is 0.256 e. The minimum absolute atomic E-state index is 0.0394. The van der Waals surface area contributed by atoms with Crippen molar-refractivity contribution < 1.29 is 9.59 Å². The van der Waals surface area contributed by atoms with Gasteiger partial charge in [0.15, 0.2) is 5.11 Å². The Balaban J connectivity index is 2.19. The standard InChI is InChI=1S/C17H28N4O2S/c1-4-6-10-20(9-5-2)17(24)21-12-14(22)19(3)15(16(21)23)13-7-8-18-11-13/h7,15,18H,4-6,8-12H2,1-3H3. The topological polar surface area (TPSA) is 55.9 Å². The van der Waals surface area contributed by atoms with E-state index in [1.54, 1.807) is 11.9 Å². The molecule has 1 fully saturated rings. The Hall–Kier alpha value is -1.47. The minimum atomic E-state index is -0.533. The third-order valence-electron chi connectivity index (χ3n) is 4.54. The molecule has 1 unspecified atom stereocenters. The number of hydrogen-bond donors (Lipinski definition) is 1. The predicted octanol–water partition coefficient (Wildman–Crippen LogP) is 0.982. The summed E-state index contributed by atoms with van der Waals surface area (Å²) in [6.07, 6.45) is 5.05. The van der Waals surface area contributed by atoms with Gasteiger partial charge < -0.3 is 15.1 Å². The second kappa shape index (κ2) is 8.58. The molecule has 1 saturated heterocycles. The van der Waals surface area contributed by atoms with Gasteiger partial charge in [-0.2, -0.15) is 0 Å². The Morgan fingerprint density at radius 2 is 2.08 bits per heavy atom. The van der Waals surface area contributed by atoms with E-state index in [1.807, 2.05) is 6.08 Å². The number of amides is 2. The Labute approximate surface area is 149 Å². The second-order valence-corrected chi connectivity index (χ2v) is 6.73. The van der Waals surface area contributed by atoms with Crippen molar-refractivity contribution in [3.63, 3.8) is 0 Å². The Morgan fingerprint density at radius 3 is 2.67 bits per heavy atom. The van der Waals surface area contributed by atoms with Crippen molar-refractivity contribution in [2.24, 2.45) is 0 Å². The first-order valence-corrected chi connectivity index (χ1v) is 9.17. The molecule has 0 bridgehead atoms. The molecule has 0 spiro atoms. The molecule has 0 saturated carbocycles. The van der Waals surface area contributed by atoms with Crippen LogP contribution in [0.5, 0.6) is 0 Å². The summed E-state index contributed by atoms with van der Waals surface area (Å²) in [7, 11) is 1.70. The van der Waals surface area contributed by atoms with E-state index in [-0.39, 0.29) is 18.4 Å². The lowest BCUT2D eigenvalue weighted by molar-refractivity contribution is -0.149. The van der Waals surface area contributed by atoms with Crippen LogP contribution in [0.15, 0.2) is 11.6 Å².